The second kappa shape index (κ2) is 13.7. The average Bonchev–Trinajstić information content (AvgIpc) is 2.88. The lowest BCUT2D eigenvalue weighted by Gasteiger charge is -2.28. The minimum Gasteiger partial charge on any atom is -0.459 e. The van der Waals surface area contributed by atoms with Gasteiger partial charge >= 0.3 is 5.97 Å². The molecule has 0 saturated heterocycles. The molecule has 0 aromatic heterocycles. The number of halogens is 1. The molecule has 0 aliphatic rings. The molecule has 3 aromatic carbocycles. The van der Waals surface area contributed by atoms with Gasteiger partial charge in [0, 0.05) is 22.8 Å². The summed E-state index contributed by atoms with van der Waals surface area (Å²) in [6.07, 6.45) is 1.36. The Kier molecular flexibility index (Phi) is 10.3. The average molecular weight is 493 g/mol. The predicted molar refractivity (Wildman–Crippen MR) is 142 cm³/mol. The molecule has 35 heavy (non-hydrogen) atoms. The Morgan fingerprint density at radius 3 is 2.17 bits per heavy atom. The van der Waals surface area contributed by atoms with Gasteiger partial charge in [-0.05, 0) is 48.6 Å². The van der Waals surface area contributed by atoms with E-state index in [4.69, 9.17) is 16.3 Å². The maximum atomic E-state index is 13.5. The zero-order chi connectivity index (χ0) is 25.0. The van der Waals surface area contributed by atoms with Crippen molar-refractivity contribution in [1.82, 2.24) is 5.32 Å². The molecule has 184 valence electrons. The number of rotatable bonds is 13. The number of esters is 1. The van der Waals surface area contributed by atoms with Crippen LogP contribution in [0, 0.1) is 5.92 Å². The molecule has 0 heterocycles. The number of carbonyl (C=O) groups excluding carboxylic acids is 2. The molecule has 0 unspecified atom stereocenters. The van der Waals surface area contributed by atoms with Gasteiger partial charge in [0.2, 0.25) is 0 Å². The fourth-order valence-corrected chi connectivity index (χ4v) is 4.24. The number of carbonyl (C=O) groups is 2. The molecule has 2 atom stereocenters. The van der Waals surface area contributed by atoms with Crippen molar-refractivity contribution in [3.63, 3.8) is 0 Å². The van der Waals surface area contributed by atoms with Crippen LogP contribution in [0.3, 0.4) is 0 Å². The number of ether oxygens (including phenoxy) is 1. The topological polar surface area (TPSA) is 67.4 Å². The van der Waals surface area contributed by atoms with E-state index < -0.39 is 6.04 Å². The SMILES string of the molecule is CCC(CC)[C@H](CNCC(=O)c1cccc(Cl)c1)OC(=O)[C@H](Nc1ccccc1)c1ccccc1. The quantitative estimate of drug-likeness (QED) is 0.216. The lowest BCUT2D eigenvalue weighted by Crippen LogP contribution is -2.40. The number of hydrogen-bond acceptors (Lipinski definition) is 5. The molecule has 5 nitrogen and oxygen atoms in total. The van der Waals surface area contributed by atoms with Crippen LogP contribution in [0.5, 0.6) is 0 Å². The molecule has 0 spiro atoms. The van der Waals surface area contributed by atoms with Gasteiger partial charge in [-0.2, -0.15) is 0 Å². The molecule has 0 fully saturated rings. The molecule has 0 saturated carbocycles. The Balaban J connectivity index is 1.71. The number of hydrogen-bond donors (Lipinski definition) is 2. The number of ketones is 1. The fourth-order valence-electron chi connectivity index (χ4n) is 4.05. The summed E-state index contributed by atoms with van der Waals surface area (Å²) in [6.45, 7) is 4.70. The smallest absolute Gasteiger partial charge is 0.333 e. The van der Waals surface area contributed by atoms with Crippen molar-refractivity contribution in [1.29, 1.82) is 0 Å². The van der Waals surface area contributed by atoms with Crippen molar-refractivity contribution < 1.29 is 14.3 Å². The highest BCUT2D eigenvalue weighted by molar-refractivity contribution is 6.31. The number of Topliss-reactive ketones (excluding diaryl/α,β-unsaturated/α-hetero) is 1. The summed E-state index contributed by atoms with van der Waals surface area (Å²) in [5, 5.41) is 7.04. The second-order valence-corrected chi connectivity index (χ2v) is 8.91. The van der Waals surface area contributed by atoms with Crippen molar-refractivity contribution in [2.24, 2.45) is 5.92 Å². The number of benzene rings is 3. The summed E-state index contributed by atoms with van der Waals surface area (Å²) >= 11 is 6.01. The molecule has 3 rings (SSSR count). The van der Waals surface area contributed by atoms with E-state index in [1.54, 1.807) is 24.3 Å². The lowest BCUT2D eigenvalue weighted by atomic mass is 9.96. The standard InChI is InChI=1S/C29H33ClN2O3/c1-3-21(4-2)27(20-31-19-26(33)23-14-11-15-24(30)18-23)35-29(34)28(22-12-7-5-8-13-22)32-25-16-9-6-10-17-25/h5-18,21,27-28,31-32H,3-4,19-20H2,1-2H3/t27-,28+/m0/s1. The maximum Gasteiger partial charge on any atom is 0.333 e. The van der Waals surface area contributed by atoms with Crippen LogP contribution < -0.4 is 10.6 Å². The van der Waals surface area contributed by atoms with Gasteiger partial charge < -0.3 is 15.4 Å². The molecular formula is C29H33ClN2O3. The molecule has 0 radical (unpaired) electrons. The lowest BCUT2D eigenvalue weighted by molar-refractivity contribution is -0.153. The second-order valence-electron chi connectivity index (χ2n) is 8.47. The van der Waals surface area contributed by atoms with Crippen LogP contribution in [0.4, 0.5) is 5.69 Å². The van der Waals surface area contributed by atoms with Crippen LogP contribution in [0.15, 0.2) is 84.9 Å². The summed E-state index contributed by atoms with van der Waals surface area (Å²) < 4.78 is 6.09. The summed E-state index contributed by atoms with van der Waals surface area (Å²) in [4.78, 5) is 26.0. The third-order valence-corrected chi connectivity index (χ3v) is 6.31. The first kappa shape index (κ1) is 26.5. The molecule has 0 aliphatic heterocycles. The zero-order valence-corrected chi connectivity index (χ0v) is 21.0. The summed E-state index contributed by atoms with van der Waals surface area (Å²) in [6, 6.07) is 25.4. The third kappa shape index (κ3) is 7.94. The van der Waals surface area contributed by atoms with Crippen LogP contribution >= 0.6 is 11.6 Å². The van der Waals surface area contributed by atoms with Crippen molar-refractivity contribution in [3.8, 4) is 0 Å². The van der Waals surface area contributed by atoms with E-state index in [0.29, 0.717) is 17.1 Å². The van der Waals surface area contributed by atoms with Crippen molar-refractivity contribution in [2.75, 3.05) is 18.4 Å². The van der Waals surface area contributed by atoms with Gasteiger partial charge in [-0.15, -0.1) is 0 Å². The van der Waals surface area contributed by atoms with E-state index in [9.17, 15) is 9.59 Å². The highest BCUT2D eigenvalue weighted by Crippen LogP contribution is 2.24. The fraction of sp³-hybridized carbons (Fsp3) is 0.310. The van der Waals surface area contributed by atoms with Crippen LogP contribution in [0.25, 0.3) is 0 Å². The van der Waals surface area contributed by atoms with Crippen LogP contribution in [0.1, 0.15) is 48.7 Å². The molecule has 2 N–H and O–H groups in total. The number of anilines is 1. The molecule has 3 aromatic rings. The predicted octanol–water partition coefficient (Wildman–Crippen LogP) is 6.31. The van der Waals surface area contributed by atoms with E-state index in [1.165, 1.54) is 0 Å². The van der Waals surface area contributed by atoms with Gasteiger partial charge in [-0.3, -0.25) is 4.79 Å². The number of nitrogens with one attached hydrogen (secondary N) is 2. The molecule has 6 heteroatoms. The maximum absolute atomic E-state index is 13.5. The number of para-hydroxylation sites is 1. The Bertz CT molecular complexity index is 1070. The third-order valence-electron chi connectivity index (χ3n) is 6.07. The Hall–Kier alpha value is -3.15. The molecule has 0 bridgehead atoms. The first-order valence-electron chi connectivity index (χ1n) is 12.1. The Morgan fingerprint density at radius 1 is 0.886 bits per heavy atom. The van der Waals surface area contributed by atoms with Crippen LogP contribution in [0.2, 0.25) is 5.02 Å². The minimum absolute atomic E-state index is 0.0602. The summed E-state index contributed by atoms with van der Waals surface area (Å²) in [7, 11) is 0. The van der Waals surface area contributed by atoms with E-state index in [-0.39, 0.29) is 30.3 Å². The van der Waals surface area contributed by atoms with Gasteiger partial charge in [0.25, 0.3) is 0 Å². The van der Waals surface area contributed by atoms with Crippen molar-refractivity contribution in [2.45, 2.75) is 38.8 Å². The monoisotopic (exact) mass is 492 g/mol. The minimum atomic E-state index is -0.649. The van der Waals surface area contributed by atoms with E-state index in [2.05, 4.69) is 24.5 Å². The summed E-state index contributed by atoms with van der Waals surface area (Å²) in [5.74, 6) is -0.240. The largest absolute Gasteiger partial charge is 0.459 e. The zero-order valence-electron chi connectivity index (χ0n) is 20.2. The molecular weight excluding hydrogens is 460 g/mol. The van der Waals surface area contributed by atoms with Gasteiger partial charge in [-0.25, -0.2) is 4.79 Å². The van der Waals surface area contributed by atoms with Crippen molar-refractivity contribution in [3.05, 3.63) is 101 Å². The first-order valence-corrected chi connectivity index (χ1v) is 12.5. The first-order chi connectivity index (χ1) is 17.0. The van der Waals surface area contributed by atoms with E-state index in [1.807, 2.05) is 60.7 Å². The Labute approximate surface area is 212 Å². The van der Waals surface area contributed by atoms with Gasteiger partial charge in [-0.1, -0.05) is 86.1 Å². The Morgan fingerprint density at radius 2 is 1.54 bits per heavy atom. The van der Waals surface area contributed by atoms with Crippen LogP contribution in [-0.4, -0.2) is 30.9 Å². The van der Waals surface area contributed by atoms with Gasteiger partial charge in [0.1, 0.15) is 6.10 Å². The van der Waals surface area contributed by atoms with Crippen LogP contribution in [-0.2, 0) is 9.53 Å². The molecule has 0 aliphatic carbocycles. The molecule has 0 amide bonds. The van der Waals surface area contributed by atoms with E-state index >= 15 is 0 Å². The van der Waals surface area contributed by atoms with Gasteiger partial charge in [0.15, 0.2) is 11.8 Å². The highest BCUT2D eigenvalue weighted by atomic mass is 35.5. The normalized spacial score (nSPS) is 12.7. The van der Waals surface area contributed by atoms with E-state index in [0.717, 1.165) is 24.1 Å². The highest BCUT2D eigenvalue weighted by Gasteiger charge is 2.28. The van der Waals surface area contributed by atoms with Gasteiger partial charge in [0.05, 0.1) is 6.54 Å². The van der Waals surface area contributed by atoms with Crippen molar-refractivity contribution >= 4 is 29.0 Å². The summed E-state index contributed by atoms with van der Waals surface area (Å²) in [5.41, 5.74) is 2.22.